The van der Waals surface area contributed by atoms with E-state index in [0.717, 1.165) is 60.8 Å². The number of piperidine rings is 1. The number of thiophene rings is 1. The molecule has 22 heavy (non-hydrogen) atoms. The third kappa shape index (κ3) is 3.34. The third-order valence-electron chi connectivity index (χ3n) is 5.54. The van der Waals surface area contributed by atoms with E-state index in [4.69, 9.17) is 11.6 Å². The molecule has 1 N–H and O–H groups in total. The normalized spacial score (nSPS) is 23.7. The number of carbonyl (C=O) groups is 1. The van der Waals surface area contributed by atoms with Gasteiger partial charge in [0.1, 0.15) is 0 Å². The van der Waals surface area contributed by atoms with Gasteiger partial charge in [-0.05, 0) is 63.0 Å². The minimum Gasteiger partial charge on any atom is -0.393 e. The standard InChI is InChI=1S/C17H24ClNO2S/c1-12(14-2-3-15(18)22-14)16(21)19-10-8-17(9-11-19)6-4-13(20)5-7-17/h2-3,12-13,20H,4-11H2,1H3. The zero-order valence-electron chi connectivity index (χ0n) is 13.1. The lowest BCUT2D eigenvalue weighted by Gasteiger charge is -2.45. The lowest BCUT2D eigenvalue weighted by molar-refractivity contribution is -0.135. The summed E-state index contributed by atoms with van der Waals surface area (Å²) >= 11 is 7.48. The third-order valence-corrected chi connectivity index (χ3v) is 6.96. The van der Waals surface area contributed by atoms with Crippen molar-refractivity contribution < 1.29 is 9.90 Å². The molecule has 0 aromatic carbocycles. The van der Waals surface area contributed by atoms with Gasteiger partial charge in [0.2, 0.25) is 5.91 Å². The van der Waals surface area contributed by atoms with Crippen molar-refractivity contribution in [2.24, 2.45) is 5.41 Å². The largest absolute Gasteiger partial charge is 0.393 e. The Kier molecular flexibility index (Phi) is 4.81. The summed E-state index contributed by atoms with van der Waals surface area (Å²) < 4.78 is 0.744. The molecule has 1 aliphatic heterocycles. The minimum atomic E-state index is -0.103. The number of halogens is 1. The number of carbonyl (C=O) groups excluding carboxylic acids is 1. The van der Waals surface area contributed by atoms with E-state index in [9.17, 15) is 9.90 Å². The van der Waals surface area contributed by atoms with Crippen molar-refractivity contribution in [3.05, 3.63) is 21.3 Å². The first-order valence-corrected chi connectivity index (χ1v) is 9.41. The van der Waals surface area contributed by atoms with Crippen LogP contribution in [0.25, 0.3) is 0 Å². The molecule has 1 atom stereocenters. The van der Waals surface area contributed by atoms with Crippen LogP contribution in [0, 0.1) is 5.41 Å². The van der Waals surface area contributed by atoms with Gasteiger partial charge in [0.05, 0.1) is 16.4 Å². The molecule has 1 unspecified atom stereocenters. The Bertz CT molecular complexity index is 527. The molecule has 1 aliphatic carbocycles. The Hall–Kier alpha value is -0.580. The van der Waals surface area contributed by atoms with Gasteiger partial charge in [-0.2, -0.15) is 0 Å². The summed E-state index contributed by atoms with van der Waals surface area (Å²) in [4.78, 5) is 15.8. The maximum Gasteiger partial charge on any atom is 0.230 e. The molecule has 0 radical (unpaired) electrons. The lowest BCUT2D eigenvalue weighted by Crippen LogP contribution is -2.46. The second kappa shape index (κ2) is 6.50. The van der Waals surface area contributed by atoms with Gasteiger partial charge >= 0.3 is 0 Å². The smallest absolute Gasteiger partial charge is 0.230 e. The minimum absolute atomic E-state index is 0.0975. The van der Waals surface area contributed by atoms with Gasteiger partial charge in [0.15, 0.2) is 0 Å². The number of aliphatic hydroxyl groups excluding tert-OH is 1. The summed E-state index contributed by atoms with van der Waals surface area (Å²) in [6.07, 6.45) is 6.16. The Morgan fingerprint density at radius 3 is 2.50 bits per heavy atom. The second-order valence-electron chi connectivity index (χ2n) is 6.92. The molecule has 122 valence electrons. The van der Waals surface area contributed by atoms with E-state index in [1.54, 1.807) is 0 Å². The van der Waals surface area contributed by atoms with Gasteiger partial charge in [0.25, 0.3) is 0 Å². The highest BCUT2D eigenvalue weighted by atomic mass is 35.5. The number of likely N-dealkylation sites (tertiary alicyclic amines) is 1. The van der Waals surface area contributed by atoms with Gasteiger partial charge in [-0.15, -0.1) is 11.3 Å². The molecule has 3 nitrogen and oxygen atoms in total. The van der Waals surface area contributed by atoms with E-state index in [0.29, 0.717) is 5.41 Å². The van der Waals surface area contributed by atoms with E-state index < -0.39 is 0 Å². The van der Waals surface area contributed by atoms with Crippen LogP contribution in [0.3, 0.4) is 0 Å². The Labute approximate surface area is 141 Å². The van der Waals surface area contributed by atoms with Crippen LogP contribution in [0.5, 0.6) is 0 Å². The molecule has 3 rings (SSSR count). The van der Waals surface area contributed by atoms with Crippen molar-refractivity contribution in [3.63, 3.8) is 0 Å². The maximum absolute atomic E-state index is 12.7. The van der Waals surface area contributed by atoms with Crippen LogP contribution in [-0.2, 0) is 4.79 Å². The fraction of sp³-hybridized carbons (Fsp3) is 0.706. The summed E-state index contributed by atoms with van der Waals surface area (Å²) in [6.45, 7) is 3.70. The van der Waals surface area contributed by atoms with Crippen LogP contribution in [0.1, 0.15) is 56.2 Å². The summed E-state index contributed by atoms with van der Waals surface area (Å²) in [5.74, 6) is 0.129. The van der Waals surface area contributed by atoms with Crippen LogP contribution in [0.4, 0.5) is 0 Å². The van der Waals surface area contributed by atoms with Crippen LogP contribution in [0.15, 0.2) is 12.1 Å². The summed E-state index contributed by atoms with van der Waals surface area (Å²) in [6, 6.07) is 3.83. The molecule has 1 saturated heterocycles. The molecule has 2 aliphatic rings. The van der Waals surface area contributed by atoms with E-state index >= 15 is 0 Å². The predicted molar refractivity (Wildman–Crippen MR) is 90.5 cm³/mol. The zero-order valence-corrected chi connectivity index (χ0v) is 14.6. The van der Waals surface area contributed by atoms with Gasteiger partial charge in [-0.3, -0.25) is 4.79 Å². The van der Waals surface area contributed by atoms with E-state index in [1.165, 1.54) is 11.3 Å². The molecule has 2 fully saturated rings. The number of amides is 1. The molecule has 1 amide bonds. The first-order valence-electron chi connectivity index (χ1n) is 8.21. The van der Waals surface area contributed by atoms with Crippen LogP contribution in [0.2, 0.25) is 4.34 Å². The van der Waals surface area contributed by atoms with Crippen molar-refractivity contribution in [2.45, 2.75) is 57.5 Å². The van der Waals surface area contributed by atoms with Crippen molar-refractivity contribution in [1.82, 2.24) is 4.90 Å². The van der Waals surface area contributed by atoms with Crippen molar-refractivity contribution in [2.75, 3.05) is 13.1 Å². The highest BCUT2D eigenvalue weighted by Gasteiger charge is 2.39. The average Bonchev–Trinajstić information content (AvgIpc) is 2.96. The summed E-state index contributed by atoms with van der Waals surface area (Å²) in [7, 11) is 0. The predicted octanol–water partition coefficient (Wildman–Crippen LogP) is 4.05. The topological polar surface area (TPSA) is 40.5 Å². The molecule has 5 heteroatoms. The van der Waals surface area contributed by atoms with Crippen LogP contribution in [-0.4, -0.2) is 35.1 Å². The van der Waals surface area contributed by atoms with Gasteiger partial charge in [-0.1, -0.05) is 11.6 Å². The van der Waals surface area contributed by atoms with Crippen molar-refractivity contribution in [1.29, 1.82) is 0 Å². The van der Waals surface area contributed by atoms with E-state index in [-0.39, 0.29) is 17.9 Å². The van der Waals surface area contributed by atoms with E-state index in [1.807, 2.05) is 24.0 Å². The molecule has 1 aromatic heterocycles. The van der Waals surface area contributed by atoms with Crippen molar-refractivity contribution in [3.8, 4) is 0 Å². The van der Waals surface area contributed by atoms with Gasteiger partial charge < -0.3 is 10.0 Å². The summed E-state index contributed by atoms with van der Waals surface area (Å²) in [5.41, 5.74) is 0.380. The Morgan fingerprint density at radius 2 is 1.95 bits per heavy atom. The number of aliphatic hydroxyl groups is 1. The van der Waals surface area contributed by atoms with E-state index in [2.05, 4.69) is 0 Å². The molecule has 0 bridgehead atoms. The molecule has 1 spiro atoms. The maximum atomic E-state index is 12.7. The Balaban J connectivity index is 1.58. The SMILES string of the molecule is CC(C(=O)N1CCC2(CCC(O)CC2)CC1)c1ccc(Cl)s1. The van der Waals surface area contributed by atoms with Gasteiger partial charge in [-0.25, -0.2) is 0 Å². The monoisotopic (exact) mass is 341 g/mol. The molecule has 2 heterocycles. The number of rotatable bonds is 2. The highest BCUT2D eigenvalue weighted by molar-refractivity contribution is 7.16. The van der Waals surface area contributed by atoms with Gasteiger partial charge in [0, 0.05) is 18.0 Å². The second-order valence-corrected chi connectivity index (χ2v) is 8.67. The molecule has 1 aromatic rings. The van der Waals surface area contributed by atoms with Crippen molar-refractivity contribution >= 4 is 28.8 Å². The quantitative estimate of drug-likeness (QED) is 0.881. The number of hydrogen-bond acceptors (Lipinski definition) is 3. The van der Waals surface area contributed by atoms with Crippen LogP contribution >= 0.6 is 22.9 Å². The Morgan fingerprint density at radius 1 is 1.32 bits per heavy atom. The number of nitrogens with zero attached hydrogens (tertiary/aromatic N) is 1. The number of hydrogen-bond donors (Lipinski definition) is 1. The fourth-order valence-electron chi connectivity index (χ4n) is 3.87. The first kappa shape index (κ1) is 16.3. The average molecular weight is 342 g/mol. The zero-order chi connectivity index (χ0) is 15.7. The molecular weight excluding hydrogens is 318 g/mol. The highest BCUT2D eigenvalue weighted by Crippen LogP contribution is 2.45. The lowest BCUT2D eigenvalue weighted by atomic mass is 9.67. The first-order chi connectivity index (χ1) is 10.5. The molecule has 1 saturated carbocycles. The fourth-order valence-corrected chi connectivity index (χ4v) is 4.98. The molecular formula is C17H24ClNO2S. The summed E-state index contributed by atoms with van der Waals surface area (Å²) in [5, 5.41) is 9.69. The van der Waals surface area contributed by atoms with Crippen LogP contribution < -0.4 is 0 Å².